The molecule has 1 aliphatic heterocycles. The molecule has 0 atom stereocenters. The normalized spacial score (nSPS) is 16.3. The van der Waals surface area contributed by atoms with Gasteiger partial charge in [0.25, 0.3) is 0 Å². The molecule has 1 aliphatic rings. The van der Waals surface area contributed by atoms with Crippen LogP contribution in [0.2, 0.25) is 5.02 Å². The zero-order chi connectivity index (χ0) is 18.5. The minimum atomic E-state index is -0.174. The van der Waals surface area contributed by atoms with Crippen molar-refractivity contribution < 1.29 is 4.79 Å². The van der Waals surface area contributed by atoms with Gasteiger partial charge in [-0.15, -0.1) is 11.3 Å². The number of halogens is 1. The van der Waals surface area contributed by atoms with Crippen molar-refractivity contribution in [1.82, 2.24) is 9.88 Å². The summed E-state index contributed by atoms with van der Waals surface area (Å²) < 4.78 is 0. The molecule has 0 unspecified atom stereocenters. The van der Waals surface area contributed by atoms with Crippen molar-refractivity contribution in [3.8, 4) is 0 Å². The van der Waals surface area contributed by atoms with Gasteiger partial charge in [0, 0.05) is 22.5 Å². The molecule has 0 radical (unpaired) electrons. The van der Waals surface area contributed by atoms with Gasteiger partial charge in [0.1, 0.15) is 0 Å². The Morgan fingerprint density at radius 2 is 2.04 bits per heavy atom. The predicted octanol–water partition coefficient (Wildman–Crippen LogP) is 4.99. The number of likely N-dealkylation sites (tertiary alicyclic amines) is 1. The van der Waals surface area contributed by atoms with Crippen LogP contribution in [0, 0.1) is 12.8 Å². The van der Waals surface area contributed by atoms with Crippen LogP contribution in [0.4, 0.5) is 5.13 Å². The number of aromatic nitrogens is 1. The minimum Gasteiger partial charge on any atom is -0.298 e. The van der Waals surface area contributed by atoms with Gasteiger partial charge in [-0.3, -0.25) is 15.0 Å². The number of piperidine rings is 1. The summed E-state index contributed by atoms with van der Waals surface area (Å²) in [7, 11) is 0. The summed E-state index contributed by atoms with van der Waals surface area (Å²) in [5, 5.41) is 4.21. The molecule has 0 aliphatic carbocycles. The van der Waals surface area contributed by atoms with Gasteiger partial charge in [-0.1, -0.05) is 30.7 Å². The number of hydrogen-bond donors (Lipinski definition) is 1. The molecule has 1 saturated heterocycles. The third kappa shape index (κ3) is 5.40. The smallest absolute Gasteiger partial charge is 0.250 e. The molecule has 0 spiro atoms. The largest absolute Gasteiger partial charge is 0.298 e. The van der Waals surface area contributed by atoms with E-state index in [1.54, 1.807) is 29.5 Å². The molecule has 1 N–H and O–H groups in total. The molecule has 0 saturated carbocycles. The number of aryl methyl sites for hydroxylation is 1. The van der Waals surface area contributed by atoms with Crippen molar-refractivity contribution in [3.63, 3.8) is 0 Å². The van der Waals surface area contributed by atoms with E-state index in [2.05, 4.69) is 22.1 Å². The Morgan fingerprint density at radius 3 is 2.73 bits per heavy atom. The Kier molecular flexibility index (Phi) is 6.46. The number of nitrogens with one attached hydrogen (secondary N) is 1. The van der Waals surface area contributed by atoms with E-state index in [1.165, 1.54) is 23.8 Å². The molecule has 6 heteroatoms. The Bertz CT molecular complexity index is 777. The van der Waals surface area contributed by atoms with Gasteiger partial charge in [-0.2, -0.15) is 0 Å². The molecule has 2 heterocycles. The Morgan fingerprint density at radius 1 is 1.35 bits per heavy atom. The zero-order valence-electron chi connectivity index (χ0n) is 15.2. The van der Waals surface area contributed by atoms with Crippen molar-refractivity contribution in [3.05, 3.63) is 51.5 Å². The highest BCUT2D eigenvalue weighted by molar-refractivity contribution is 7.15. The fourth-order valence-electron chi connectivity index (χ4n) is 2.94. The van der Waals surface area contributed by atoms with Gasteiger partial charge in [-0.05, 0) is 62.5 Å². The number of nitrogens with zero attached hydrogens (tertiary/aromatic N) is 2. The SMILES string of the molecule is Cc1nc(NC(=O)/C=C/c2ccc(Cl)cc2)sc1CN1CCC(C)CC1. The lowest BCUT2D eigenvalue weighted by atomic mass is 9.99. The number of hydrogen-bond acceptors (Lipinski definition) is 4. The second-order valence-electron chi connectivity index (χ2n) is 6.86. The van der Waals surface area contributed by atoms with Crippen LogP contribution in [-0.4, -0.2) is 28.9 Å². The Labute approximate surface area is 163 Å². The summed E-state index contributed by atoms with van der Waals surface area (Å²) in [4.78, 5) is 20.3. The van der Waals surface area contributed by atoms with Gasteiger partial charge in [0.2, 0.25) is 5.91 Å². The van der Waals surface area contributed by atoms with Crippen LogP contribution in [0.25, 0.3) is 6.08 Å². The first-order chi connectivity index (χ1) is 12.5. The molecule has 2 aromatic rings. The van der Waals surface area contributed by atoms with Crippen molar-refractivity contribution in [2.24, 2.45) is 5.92 Å². The number of benzene rings is 1. The van der Waals surface area contributed by atoms with E-state index in [0.29, 0.717) is 10.2 Å². The maximum absolute atomic E-state index is 12.1. The van der Waals surface area contributed by atoms with Crippen LogP contribution in [0.3, 0.4) is 0 Å². The third-order valence-corrected chi connectivity index (χ3v) is 5.97. The van der Waals surface area contributed by atoms with E-state index in [1.807, 2.05) is 19.1 Å². The first kappa shape index (κ1) is 19.1. The average molecular weight is 390 g/mol. The fourth-order valence-corrected chi connectivity index (χ4v) is 4.08. The summed E-state index contributed by atoms with van der Waals surface area (Å²) in [6.07, 6.45) is 5.81. The molecule has 4 nitrogen and oxygen atoms in total. The van der Waals surface area contributed by atoms with E-state index in [-0.39, 0.29) is 5.91 Å². The fraction of sp³-hybridized carbons (Fsp3) is 0.400. The second kappa shape index (κ2) is 8.80. The van der Waals surface area contributed by atoms with Crippen LogP contribution in [0.15, 0.2) is 30.3 Å². The number of amides is 1. The predicted molar refractivity (Wildman–Crippen MR) is 110 cm³/mol. The zero-order valence-corrected chi connectivity index (χ0v) is 16.7. The molecule has 26 heavy (non-hydrogen) atoms. The van der Waals surface area contributed by atoms with Gasteiger partial charge >= 0.3 is 0 Å². The van der Waals surface area contributed by atoms with Crippen LogP contribution in [-0.2, 0) is 11.3 Å². The highest BCUT2D eigenvalue weighted by Crippen LogP contribution is 2.26. The number of thiazole rings is 1. The van der Waals surface area contributed by atoms with E-state index < -0.39 is 0 Å². The van der Waals surface area contributed by atoms with Gasteiger partial charge in [0.05, 0.1) is 5.69 Å². The molecular formula is C20H24ClN3OS. The van der Waals surface area contributed by atoms with E-state index >= 15 is 0 Å². The van der Waals surface area contributed by atoms with Crippen molar-refractivity contribution in [2.45, 2.75) is 33.2 Å². The van der Waals surface area contributed by atoms with Gasteiger partial charge in [-0.25, -0.2) is 4.98 Å². The molecule has 1 fully saturated rings. The van der Waals surface area contributed by atoms with Gasteiger partial charge in [0.15, 0.2) is 5.13 Å². The average Bonchev–Trinajstić information content (AvgIpc) is 2.95. The minimum absolute atomic E-state index is 0.174. The molecule has 1 aromatic heterocycles. The van der Waals surface area contributed by atoms with E-state index in [9.17, 15) is 4.79 Å². The maximum atomic E-state index is 12.1. The first-order valence-electron chi connectivity index (χ1n) is 8.93. The highest BCUT2D eigenvalue weighted by Gasteiger charge is 2.18. The molecule has 0 bridgehead atoms. The number of carbonyl (C=O) groups is 1. The quantitative estimate of drug-likeness (QED) is 0.733. The summed E-state index contributed by atoms with van der Waals surface area (Å²) in [5.74, 6) is 0.656. The second-order valence-corrected chi connectivity index (χ2v) is 8.38. The number of anilines is 1. The number of rotatable bonds is 5. The van der Waals surface area contributed by atoms with Crippen LogP contribution < -0.4 is 5.32 Å². The lowest BCUT2D eigenvalue weighted by Crippen LogP contribution is -2.32. The van der Waals surface area contributed by atoms with Gasteiger partial charge < -0.3 is 0 Å². The summed E-state index contributed by atoms with van der Waals surface area (Å²) in [6.45, 7) is 7.54. The van der Waals surface area contributed by atoms with Crippen molar-refractivity contribution in [1.29, 1.82) is 0 Å². The monoisotopic (exact) mass is 389 g/mol. The molecule has 138 valence electrons. The highest BCUT2D eigenvalue weighted by atomic mass is 35.5. The standard InChI is InChI=1S/C20H24ClN3OS/c1-14-9-11-24(12-10-14)13-18-15(2)22-20(26-18)23-19(25)8-5-16-3-6-17(21)7-4-16/h3-8,14H,9-13H2,1-2H3,(H,22,23,25)/b8-5+. The van der Waals surface area contributed by atoms with Crippen LogP contribution in [0.1, 0.15) is 35.9 Å². The summed E-state index contributed by atoms with van der Waals surface area (Å²) in [6, 6.07) is 7.35. The van der Waals surface area contributed by atoms with Crippen LogP contribution >= 0.6 is 22.9 Å². The first-order valence-corrected chi connectivity index (χ1v) is 10.1. The van der Waals surface area contributed by atoms with Crippen molar-refractivity contribution in [2.75, 3.05) is 18.4 Å². The summed E-state index contributed by atoms with van der Waals surface area (Å²) in [5.41, 5.74) is 1.94. The van der Waals surface area contributed by atoms with E-state index in [4.69, 9.17) is 11.6 Å². The molecule has 1 aromatic carbocycles. The molecule has 1 amide bonds. The lowest BCUT2D eigenvalue weighted by Gasteiger charge is -2.29. The third-order valence-electron chi connectivity index (χ3n) is 4.66. The Balaban J connectivity index is 1.56. The molecular weight excluding hydrogens is 366 g/mol. The maximum Gasteiger partial charge on any atom is 0.250 e. The van der Waals surface area contributed by atoms with E-state index in [0.717, 1.165) is 36.8 Å². The summed E-state index contributed by atoms with van der Waals surface area (Å²) >= 11 is 7.43. The number of carbonyl (C=O) groups excluding carboxylic acids is 1. The topological polar surface area (TPSA) is 45.2 Å². The van der Waals surface area contributed by atoms with Crippen LogP contribution in [0.5, 0.6) is 0 Å². The lowest BCUT2D eigenvalue weighted by molar-refractivity contribution is -0.111. The van der Waals surface area contributed by atoms with Crippen molar-refractivity contribution >= 4 is 40.1 Å². The Hall–Kier alpha value is -1.69. The molecule has 3 rings (SSSR count).